The molecule has 1 unspecified atom stereocenters. The van der Waals surface area contributed by atoms with Gasteiger partial charge in [0, 0.05) is 50.8 Å². The van der Waals surface area contributed by atoms with Crippen LogP contribution in [0.3, 0.4) is 0 Å². The van der Waals surface area contributed by atoms with Crippen LogP contribution in [0.4, 0.5) is 11.8 Å². The molecule has 6 heteroatoms. The molecule has 0 saturated carbocycles. The third-order valence-electron chi connectivity index (χ3n) is 5.17. The van der Waals surface area contributed by atoms with E-state index in [9.17, 15) is 0 Å². The maximum atomic E-state index is 5.72. The number of rotatable bonds is 8. The fourth-order valence-electron chi connectivity index (χ4n) is 3.44. The molecule has 1 N–H and O–H groups in total. The highest BCUT2D eigenvalue weighted by Crippen LogP contribution is 2.23. The number of hydrogen-bond acceptors (Lipinski definition) is 6. The first-order chi connectivity index (χ1) is 14.3. The third kappa shape index (κ3) is 5.29. The lowest BCUT2D eigenvalue weighted by Crippen LogP contribution is -2.23. The Morgan fingerprint density at radius 3 is 2.69 bits per heavy atom. The molecule has 150 valence electrons. The molecule has 6 nitrogen and oxygen atoms in total. The molecular weight excluding hydrogens is 362 g/mol. The Bertz CT molecular complexity index is 898. The van der Waals surface area contributed by atoms with E-state index in [0.29, 0.717) is 5.95 Å². The minimum absolute atomic E-state index is 0.242. The number of pyridine rings is 1. The Labute approximate surface area is 172 Å². The zero-order chi connectivity index (χ0) is 19.9. The third-order valence-corrected chi connectivity index (χ3v) is 5.17. The molecule has 4 rings (SSSR count). The molecule has 0 amide bonds. The van der Waals surface area contributed by atoms with Crippen LogP contribution >= 0.6 is 0 Å². The second-order valence-corrected chi connectivity index (χ2v) is 7.34. The molecule has 0 bridgehead atoms. The van der Waals surface area contributed by atoms with Crippen molar-refractivity contribution in [1.82, 2.24) is 15.0 Å². The van der Waals surface area contributed by atoms with Crippen molar-refractivity contribution in [2.75, 3.05) is 37.0 Å². The zero-order valence-corrected chi connectivity index (χ0v) is 16.8. The minimum atomic E-state index is 0.242. The smallest absolute Gasteiger partial charge is 0.225 e. The number of nitrogens with one attached hydrogen (secondary N) is 1. The van der Waals surface area contributed by atoms with Gasteiger partial charge in [0.15, 0.2) is 0 Å². The van der Waals surface area contributed by atoms with E-state index in [1.165, 1.54) is 5.56 Å². The fourth-order valence-corrected chi connectivity index (χ4v) is 3.44. The number of aromatic nitrogens is 3. The van der Waals surface area contributed by atoms with E-state index in [1.54, 1.807) is 0 Å². The van der Waals surface area contributed by atoms with E-state index in [-0.39, 0.29) is 6.10 Å². The van der Waals surface area contributed by atoms with Gasteiger partial charge < -0.3 is 15.0 Å². The van der Waals surface area contributed by atoms with Gasteiger partial charge in [0.25, 0.3) is 0 Å². The van der Waals surface area contributed by atoms with Crippen LogP contribution in [0.25, 0.3) is 11.3 Å². The maximum absolute atomic E-state index is 5.72. The van der Waals surface area contributed by atoms with Crippen molar-refractivity contribution >= 4 is 11.8 Å². The molecule has 2 aromatic heterocycles. The Morgan fingerprint density at radius 2 is 1.93 bits per heavy atom. The molecule has 29 heavy (non-hydrogen) atoms. The normalized spacial score (nSPS) is 16.0. The van der Waals surface area contributed by atoms with Crippen LogP contribution in [-0.4, -0.2) is 47.8 Å². The fraction of sp³-hybridized carbons (Fsp3) is 0.348. The van der Waals surface area contributed by atoms with Gasteiger partial charge in [0.05, 0.1) is 11.8 Å². The summed E-state index contributed by atoms with van der Waals surface area (Å²) in [7, 11) is 2.07. The van der Waals surface area contributed by atoms with Crippen LogP contribution in [0.2, 0.25) is 0 Å². The van der Waals surface area contributed by atoms with Crippen molar-refractivity contribution < 1.29 is 4.74 Å². The van der Waals surface area contributed by atoms with E-state index in [0.717, 1.165) is 56.0 Å². The van der Waals surface area contributed by atoms with E-state index in [1.807, 2.05) is 30.6 Å². The Kier molecular flexibility index (Phi) is 6.32. The van der Waals surface area contributed by atoms with E-state index in [2.05, 4.69) is 52.6 Å². The number of benzene rings is 1. The number of ether oxygens (including phenoxy) is 1. The summed E-state index contributed by atoms with van der Waals surface area (Å²) in [5, 5.41) is 3.38. The summed E-state index contributed by atoms with van der Waals surface area (Å²) in [6.45, 7) is 2.44. The first kappa shape index (κ1) is 19.3. The van der Waals surface area contributed by atoms with Crippen LogP contribution in [0, 0.1) is 0 Å². The van der Waals surface area contributed by atoms with Crippen LogP contribution in [0.15, 0.2) is 60.9 Å². The molecule has 1 saturated heterocycles. The molecule has 1 aromatic carbocycles. The molecule has 0 radical (unpaired) electrons. The van der Waals surface area contributed by atoms with E-state index >= 15 is 0 Å². The van der Waals surface area contributed by atoms with Crippen LogP contribution in [-0.2, 0) is 11.2 Å². The van der Waals surface area contributed by atoms with Crippen molar-refractivity contribution in [3.05, 3.63) is 66.5 Å². The summed E-state index contributed by atoms with van der Waals surface area (Å²) < 4.78 is 5.72. The quantitative estimate of drug-likeness (QED) is 0.632. The Hall–Kier alpha value is -2.99. The van der Waals surface area contributed by atoms with Crippen LogP contribution < -0.4 is 10.2 Å². The SMILES string of the molecule is CN(CCc1ccncc1)c1cc(-c2ccccc2)nc(NCC2CCCO2)n1. The van der Waals surface area contributed by atoms with Gasteiger partial charge in [-0.15, -0.1) is 0 Å². The first-order valence-electron chi connectivity index (χ1n) is 10.2. The number of anilines is 2. The van der Waals surface area contributed by atoms with Crippen molar-refractivity contribution in [3.63, 3.8) is 0 Å². The Morgan fingerprint density at radius 1 is 1.10 bits per heavy atom. The molecule has 0 aliphatic carbocycles. The van der Waals surface area contributed by atoms with Gasteiger partial charge >= 0.3 is 0 Å². The first-order valence-corrected chi connectivity index (χ1v) is 10.2. The lowest BCUT2D eigenvalue weighted by molar-refractivity contribution is 0.120. The second kappa shape index (κ2) is 9.47. The zero-order valence-electron chi connectivity index (χ0n) is 16.8. The summed E-state index contributed by atoms with van der Waals surface area (Å²) >= 11 is 0. The highest BCUT2D eigenvalue weighted by molar-refractivity contribution is 5.64. The predicted octanol–water partition coefficient (Wildman–Crippen LogP) is 3.81. The maximum Gasteiger partial charge on any atom is 0.225 e. The van der Waals surface area contributed by atoms with Crippen LogP contribution in [0.5, 0.6) is 0 Å². The molecule has 1 fully saturated rings. The number of nitrogens with zero attached hydrogens (tertiary/aromatic N) is 4. The van der Waals surface area contributed by atoms with Gasteiger partial charge in [0.2, 0.25) is 5.95 Å². The van der Waals surface area contributed by atoms with Crippen molar-refractivity contribution in [1.29, 1.82) is 0 Å². The van der Waals surface area contributed by atoms with Gasteiger partial charge in [0.1, 0.15) is 5.82 Å². The summed E-state index contributed by atoms with van der Waals surface area (Å²) in [6.07, 6.45) is 7.06. The highest BCUT2D eigenvalue weighted by Gasteiger charge is 2.16. The Balaban J connectivity index is 1.53. The molecule has 3 heterocycles. The highest BCUT2D eigenvalue weighted by atomic mass is 16.5. The summed E-state index contributed by atoms with van der Waals surface area (Å²) in [6, 6.07) is 16.4. The van der Waals surface area contributed by atoms with Crippen molar-refractivity contribution in [3.8, 4) is 11.3 Å². The largest absolute Gasteiger partial charge is 0.376 e. The van der Waals surface area contributed by atoms with Gasteiger partial charge in [-0.1, -0.05) is 30.3 Å². The van der Waals surface area contributed by atoms with Crippen molar-refractivity contribution in [2.45, 2.75) is 25.4 Å². The molecule has 3 aromatic rings. The van der Waals surface area contributed by atoms with Gasteiger partial charge in [-0.3, -0.25) is 4.98 Å². The molecule has 0 spiro atoms. The number of likely N-dealkylation sites (N-methyl/N-ethyl adjacent to an activating group) is 1. The van der Waals surface area contributed by atoms with E-state index in [4.69, 9.17) is 14.7 Å². The topological polar surface area (TPSA) is 63.2 Å². The molecule has 1 aliphatic rings. The van der Waals surface area contributed by atoms with Gasteiger partial charge in [-0.2, -0.15) is 4.98 Å². The monoisotopic (exact) mass is 389 g/mol. The van der Waals surface area contributed by atoms with Crippen LogP contribution in [0.1, 0.15) is 18.4 Å². The summed E-state index contributed by atoms with van der Waals surface area (Å²) in [5.74, 6) is 1.55. The lowest BCUT2D eigenvalue weighted by Gasteiger charge is -2.20. The van der Waals surface area contributed by atoms with Gasteiger partial charge in [-0.25, -0.2) is 4.98 Å². The number of hydrogen-bond donors (Lipinski definition) is 1. The minimum Gasteiger partial charge on any atom is -0.376 e. The molecule has 1 aliphatic heterocycles. The average molecular weight is 390 g/mol. The summed E-state index contributed by atoms with van der Waals surface area (Å²) in [5.41, 5.74) is 3.26. The summed E-state index contributed by atoms with van der Waals surface area (Å²) in [4.78, 5) is 15.8. The lowest BCUT2D eigenvalue weighted by atomic mass is 10.1. The molecule has 1 atom stereocenters. The predicted molar refractivity (Wildman–Crippen MR) is 116 cm³/mol. The average Bonchev–Trinajstić information content (AvgIpc) is 3.31. The standard InChI is InChI=1S/C23H27N5O/c1-28(14-11-18-9-12-24-13-10-18)22-16-21(19-6-3-2-4-7-19)26-23(27-22)25-17-20-8-5-15-29-20/h2-4,6-7,9-10,12-13,16,20H,5,8,11,14-15,17H2,1H3,(H,25,26,27). The van der Waals surface area contributed by atoms with Crippen molar-refractivity contribution in [2.24, 2.45) is 0 Å². The molecular formula is C23H27N5O. The van der Waals surface area contributed by atoms with Gasteiger partial charge in [-0.05, 0) is 37.0 Å². The van der Waals surface area contributed by atoms with E-state index < -0.39 is 0 Å². The second-order valence-electron chi connectivity index (χ2n) is 7.34.